The van der Waals surface area contributed by atoms with Crippen molar-refractivity contribution in [2.75, 3.05) is 6.54 Å². The minimum absolute atomic E-state index is 0.293. The van der Waals surface area contributed by atoms with E-state index < -0.39 is 0 Å². The van der Waals surface area contributed by atoms with E-state index in [1.807, 2.05) is 18.3 Å². The zero-order valence-corrected chi connectivity index (χ0v) is 14.4. The molecule has 1 saturated heterocycles. The van der Waals surface area contributed by atoms with Crippen molar-refractivity contribution < 1.29 is 4.79 Å². The van der Waals surface area contributed by atoms with Crippen LogP contribution in [0.25, 0.3) is 10.9 Å². The summed E-state index contributed by atoms with van der Waals surface area (Å²) >= 11 is 0. The van der Waals surface area contributed by atoms with Crippen LogP contribution in [0.4, 0.5) is 0 Å². The molecule has 1 aromatic carbocycles. The Hall–Kier alpha value is -1.77. The second kappa shape index (κ2) is 4.86. The number of aromatic nitrogens is 1. The monoisotopic (exact) mass is 310 g/mol. The lowest BCUT2D eigenvalue weighted by molar-refractivity contribution is -0.131. The average Bonchev–Trinajstić information content (AvgIpc) is 2.97. The second-order valence-corrected chi connectivity index (χ2v) is 8.77. The van der Waals surface area contributed by atoms with Crippen molar-refractivity contribution in [3.8, 4) is 0 Å². The Morgan fingerprint density at radius 3 is 2.87 bits per heavy atom. The van der Waals surface area contributed by atoms with E-state index >= 15 is 0 Å². The molecule has 23 heavy (non-hydrogen) atoms. The maximum Gasteiger partial charge on any atom is 0.227 e. The molecule has 3 nitrogen and oxygen atoms in total. The predicted molar refractivity (Wildman–Crippen MR) is 93.2 cm³/mol. The number of H-pyrrole nitrogens is 1. The molecule has 2 heterocycles. The van der Waals surface area contributed by atoms with E-state index in [4.69, 9.17) is 0 Å². The largest absolute Gasteiger partial charge is 0.361 e. The van der Waals surface area contributed by atoms with E-state index in [0.717, 1.165) is 24.0 Å². The van der Waals surface area contributed by atoms with Gasteiger partial charge in [-0.05, 0) is 41.7 Å². The number of benzene rings is 1. The van der Waals surface area contributed by atoms with E-state index in [0.29, 0.717) is 29.2 Å². The average molecular weight is 310 g/mol. The summed E-state index contributed by atoms with van der Waals surface area (Å²) in [7, 11) is 0. The molecule has 0 spiro atoms. The Balaban J connectivity index is 1.56. The molecule has 2 aliphatic rings. The van der Waals surface area contributed by atoms with Crippen molar-refractivity contribution >= 4 is 16.8 Å². The first-order valence-electron chi connectivity index (χ1n) is 8.70. The van der Waals surface area contributed by atoms with Gasteiger partial charge in [0.1, 0.15) is 0 Å². The summed E-state index contributed by atoms with van der Waals surface area (Å²) in [6.45, 7) is 8.00. The molecular formula is C20H26N2O. The Kier molecular flexibility index (Phi) is 3.13. The number of para-hydroxylation sites is 1. The van der Waals surface area contributed by atoms with Gasteiger partial charge in [0, 0.05) is 29.7 Å². The van der Waals surface area contributed by atoms with E-state index in [1.165, 1.54) is 18.2 Å². The molecule has 1 amide bonds. The Labute approximate surface area is 138 Å². The van der Waals surface area contributed by atoms with Crippen molar-refractivity contribution in [1.29, 1.82) is 0 Å². The smallest absolute Gasteiger partial charge is 0.227 e. The first-order chi connectivity index (χ1) is 10.9. The summed E-state index contributed by atoms with van der Waals surface area (Å²) < 4.78 is 0. The fourth-order valence-electron chi connectivity index (χ4n) is 5.29. The van der Waals surface area contributed by atoms with Crippen molar-refractivity contribution in [2.45, 2.75) is 52.5 Å². The van der Waals surface area contributed by atoms with Gasteiger partial charge < -0.3 is 9.88 Å². The highest BCUT2D eigenvalue weighted by Gasteiger charge is 2.50. The summed E-state index contributed by atoms with van der Waals surface area (Å²) in [5, 5.41) is 1.18. The lowest BCUT2D eigenvalue weighted by Crippen LogP contribution is -2.38. The summed E-state index contributed by atoms with van der Waals surface area (Å²) in [5.74, 6) is 0.293. The van der Waals surface area contributed by atoms with Crippen molar-refractivity contribution in [3.63, 3.8) is 0 Å². The first-order valence-corrected chi connectivity index (χ1v) is 8.70. The molecule has 0 radical (unpaired) electrons. The van der Waals surface area contributed by atoms with E-state index in [9.17, 15) is 4.79 Å². The summed E-state index contributed by atoms with van der Waals surface area (Å²) in [5.41, 5.74) is 2.90. The molecule has 3 heteroatoms. The maximum atomic E-state index is 13.0. The fourth-order valence-corrected chi connectivity index (χ4v) is 5.29. The SMILES string of the molecule is CC1(C)CC2CC(C)(CN2C(=O)Cc2c[nH]c3ccccc23)C1. The molecule has 1 aromatic heterocycles. The minimum Gasteiger partial charge on any atom is -0.361 e. The van der Waals surface area contributed by atoms with Crippen LogP contribution < -0.4 is 0 Å². The highest BCUT2D eigenvalue weighted by molar-refractivity contribution is 5.89. The highest BCUT2D eigenvalue weighted by atomic mass is 16.2. The van der Waals surface area contributed by atoms with Crippen LogP contribution in [0.2, 0.25) is 0 Å². The van der Waals surface area contributed by atoms with Gasteiger partial charge in [0.25, 0.3) is 0 Å². The topological polar surface area (TPSA) is 36.1 Å². The molecule has 2 aromatic rings. The normalized spacial score (nSPS) is 29.2. The van der Waals surface area contributed by atoms with Crippen LogP contribution in [0.3, 0.4) is 0 Å². The fraction of sp³-hybridized carbons (Fsp3) is 0.550. The van der Waals surface area contributed by atoms with Gasteiger partial charge in [-0.1, -0.05) is 39.0 Å². The third-order valence-electron chi connectivity index (χ3n) is 5.75. The number of aromatic amines is 1. The van der Waals surface area contributed by atoms with Gasteiger partial charge in [0.05, 0.1) is 6.42 Å². The van der Waals surface area contributed by atoms with E-state index in [-0.39, 0.29) is 0 Å². The predicted octanol–water partition coefficient (Wildman–Crippen LogP) is 4.14. The molecular weight excluding hydrogens is 284 g/mol. The van der Waals surface area contributed by atoms with E-state index in [1.54, 1.807) is 0 Å². The molecule has 1 saturated carbocycles. The first kappa shape index (κ1) is 14.8. The summed E-state index contributed by atoms with van der Waals surface area (Å²) in [6, 6.07) is 8.66. The Bertz CT molecular complexity index is 760. The standard InChI is InChI=1S/C20H26N2O/c1-19(2)9-15-10-20(3,12-19)13-22(15)18(23)8-14-11-21-17-7-5-4-6-16(14)17/h4-7,11,15,21H,8-10,12-13H2,1-3H3. The quantitative estimate of drug-likeness (QED) is 0.889. The van der Waals surface area contributed by atoms with Gasteiger partial charge in [0.15, 0.2) is 0 Å². The van der Waals surface area contributed by atoms with Crippen molar-refractivity contribution in [3.05, 3.63) is 36.0 Å². The number of fused-ring (bicyclic) bond motifs is 3. The number of carbonyl (C=O) groups excluding carboxylic acids is 1. The van der Waals surface area contributed by atoms with Crippen LogP contribution in [0.1, 0.15) is 45.6 Å². The van der Waals surface area contributed by atoms with E-state index in [2.05, 4.69) is 42.8 Å². The number of hydrogen-bond donors (Lipinski definition) is 1. The Morgan fingerprint density at radius 1 is 1.26 bits per heavy atom. The number of likely N-dealkylation sites (tertiary alicyclic amines) is 1. The molecule has 4 rings (SSSR count). The van der Waals surface area contributed by atoms with Crippen LogP contribution in [-0.4, -0.2) is 28.4 Å². The zero-order valence-electron chi connectivity index (χ0n) is 14.4. The van der Waals surface area contributed by atoms with Crippen LogP contribution in [0.15, 0.2) is 30.5 Å². The number of rotatable bonds is 2. The van der Waals surface area contributed by atoms with Gasteiger partial charge in [-0.25, -0.2) is 0 Å². The van der Waals surface area contributed by atoms with Crippen molar-refractivity contribution in [1.82, 2.24) is 9.88 Å². The minimum atomic E-state index is 0.293. The molecule has 1 N–H and O–H groups in total. The lowest BCUT2D eigenvalue weighted by Gasteiger charge is -2.39. The Morgan fingerprint density at radius 2 is 2.04 bits per heavy atom. The van der Waals surface area contributed by atoms with Gasteiger partial charge >= 0.3 is 0 Å². The molecule has 2 bridgehead atoms. The van der Waals surface area contributed by atoms with Crippen LogP contribution in [0, 0.1) is 10.8 Å². The van der Waals surface area contributed by atoms with Crippen molar-refractivity contribution in [2.24, 2.45) is 10.8 Å². The summed E-state index contributed by atoms with van der Waals surface area (Å²) in [6.07, 6.45) is 6.05. The molecule has 2 atom stereocenters. The molecule has 1 aliphatic carbocycles. The van der Waals surface area contributed by atoms with Gasteiger partial charge in [-0.2, -0.15) is 0 Å². The highest BCUT2D eigenvalue weighted by Crippen LogP contribution is 2.52. The molecule has 2 fully saturated rings. The van der Waals surface area contributed by atoms with Crippen LogP contribution >= 0.6 is 0 Å². The van der Waals surface area contributed by atoms with Gasteiger partial charge in [-0.15, -0.1) is 0 Å². The third-order valence-corrected chi connectivity index (χ3v) is 5.75. The van der Waals surface area contributed by atoms with Gasteiger partial charge in [-0.3, -0.25) is 4.79 Å². The molecule has 122 valence electrons. The molecule has 1 aliphatic heterocycles. The summed E-state index contributed by atoms with van der Waals surface area (Å²) in [4.78, 5) is 18.4. The lowest BCUT2D eigenvalue weighted by atomic mass is 9.65. The number of carbonyl (C=O) groups is 1. The third kappa shape index (κ3) is 2.56. The number of nitrogens with one attached hydrogen (secondary N) is 1. The van der Waals surface area contributed by atoms with Crippen LogP contribution in [0.5, 0.6) is 0 Å². The number of amides is 1. The number of nitrogens with zero attached hydrogens (tertiary/aromatic N) is 1. The molecule has 2 unspecified atom stereocenters. The zero-order chi connectivity index (χ0) is 16.2. The van der Waals surface area contributed by atoms with Gasteiger partial charge in [0.2, 0.25) is 5.91 Å². The second-order valence-electron chi connectivity index (χ2n) is 8.77. The van der Waals surface area contributed by atoms with Crippen LogP contribution in [-0.2, 0) is 11.2 Å². The number of hydrogen-bond acceptors (Lipinski definition) is 1. The maximum absolute atomic E-state index is 13.0.